The van der Waals surface area contributed by atoms with Gasteiger partial charge in [0.1, 0.15) is 18.0 Å². The first-order chi connectivity index (χ1) is 12.6. The molecule has 0 spiro atoms. The van der Waals surface area contributed by atoms with Crippen LogP contribution in [-0.4, -0.2) is 51.7 Å². The summed E-state index contributed by atoms with van der Waals surface area (Å²) in [7, 11) is 0. The lowest BCUT2D eigenvalue weighted by Crippen LogP contribution is -2.64. The van der Waals surface area contributed by atoms with Crippen LogP contribution in [-0.2, 0) is 4.74 Å². The second-order valence-electron chi connectivity index (χ2n) is 7.84. The smallest absolute Gasteiger partial charge is 0.410 e. The highest BCUT2D eigenvalue weighted by Crippen LogP contribution is 2.30. The zero-order valence-corrected chi connectivity index (χ0v) is 16.0. The van der Waals surface area contributed by atoms with Crippen LogP contribution < -0.4 is 10.5 Å². The second-order valence-corrected chi connectivity index (χ2v) is 7.84. The molecule has 7 nitrogen and oxygen atoms in total. The van der Waals surface area contributed by atoms with Gasteiger partial charge in [-0.3, -0.25) is 0 Å². The van der Waals surface area contributed by atoms with Crippen molar-refractivity contribution in [1.29, 1.82) is 0 Å². The largest absolute Gasteiger partial charge is 0.473 e. The number of carbonyl (C=O) groups excluding carboxylic acids is 1. The summed E-state index contributed by atoms with van der Waals surface area (Å²) < 4.78 is 27.1. The first-order valence-corrected chi connectivity index (χ1v) is 8.78. The number of hydrogen-bond acceptors (Lipinski definition) is 5. The Hall–Kier alpha value is -2.77. The molecule has 0 unspecified atom stereocenters. The normalized spacial score (nSPS) is 16.0. The fourth-order valence-corrected chi connectivity index (χ4v) is 2.77. The Morgan fingerprint density at radius 2 is 1.93 bits per heavy atom. The molecule has 1 aromatic heterocycles. The van der Waals surface area contributed by atoms with Crippen molar-refractivity contribution in [1.82, 2.24) is 14.7 Å². The minimum Gasteiger partial charge on any atom is -0.473 e. The Labute approximate surface area is 157 Å². The summed E-state index contributed by atoms with van der Waals surface area (Å²) in [6.45, 7) is 6.73. The highest BCUT2D eigenvalue weighted by molar-refractivity contribution is 5.69. The predicted molar refractivity (Wildman–Crippen MR) is 99.9 cm³/mol. The number of nitrogens with zero attached hydrogens (tertiary/aromatic N) is 3. The van der Waals surface area contributed by atoms with Crippen LogP contribution in [0.25, 0.3) is 5.69 Å². The number of nitrogens with two attached hydrogens (primary N) is 1. The molecule has 0 bridgehead atoms. The number of rotatable bonds is 4. The molecule has 27 heavy (non-hydrogen) atoms. The number of alkyl halides is 1. The lowest BCUT2D eigenvalue weighted by Gasteiger charge is -2.43. The van der Waals surface area contributed by atoms with Gasteiger partial charge in [-0.2, -0.15) is 0 Å². The molecule has 1 aliphatic rings. The first kappa shape index (κ1) is 19.0. The number of likely N-dealkylation sites (tertiary alicyclic amines) is 1. The van der Waals surface area contributed by atoms with E-state index in [2.05, 4.69) is 5.10 Å². The maximum Gasteiger partial charge on any atom is 0.410 e. The van der Waals surface area contributed by atoms with Crippen LogP contribution in [0.2, 0.25) is 0 Å². The van der Waals surface area contributed by atoms with E-state index in [4.69, 9.17) is 15.2 Å². The number of hydrogen-bond donors (Lipinski definition) is 1. The third kappa shape index (κ3) is 4.15. The lowest BCUT2D eigenvalue weighted by molar-refractivity contribution is -0.0692. The van der Waals surface area contributed by atoms with Crippen molar-refractivity contribution < 1.29 is 18.7 Å². The molecule has 1 aliphatic heterocycles. The molecule has 1 amide bonds. The van der Waals surface area contributed by atoms with E-state index in [0.29, 0.717) is 11.4 Å². The van der Waals surface area contributed by atoms with E-state index in [1.165, 1.54) is 4.90 Å². The van der Waals surface area contributed by atoms with E-state index in [-0.39, 0.29) is 25.6 Å². The molecule has 1 fully saturated rings. The minimum atomic E-state index is -1.63. The molecule has 2 N–H and O–H groups in total. The number of para-hydroxylation sites is 1. The highest BCUT2D eigenvalue weighted by Gasteiger charge is 2.48. The van der Waals surface area contributed by atoms with Gasteiger partial charge in [0, 0.05) is 0 Å². The minimum absolute atomic E-state index is 0.0736. The number of halogens is 1. The van der Waals surface area contributed by atoms with Gasteiger partial charge in [-0.1, -0.05) is 18.2 Å². The standard InChI is InChI=1S/C19H25FN4O3/c1-13-15(21)24(14-8-6-5-7-9-14)22-16(13)26-12-19(20)10-23(11-19)17(25)27-18(2,3)4/h5-9H,10-12,21H2,1-4H3. The molecule has 8 heteroatoms. The Kier molecular flexibility index (Phi) is 4.75. The SMILES string of the molecule is Cc1c(OCC2(F)CN(C(=O)OC(C)(C)C)C2)nn(-c2ccccc2)c1N. The third-order valence-corrected chi connectivity index (χ3v) is 4.19. The zero-order valence-electron chi connectivity index (χ0n) is 16.0. The number of carbonyl (C=O) groups is 1. The molecule has 0 radical (unpaired) electrons. The Bertz CT molecular complexity index is 823. The number of nitrogen functional groups attached to an aromatic ring is 1. The molecule has 146 valence electrons. The van der Waals surface area contributed by atoms with Gasteiger partial charge in [-0.15, -0.1) is 5.10 Å². The summed E-state index contributed by atoms with van der Waals surface area (Å²) >= 11 is 0. The predicted octanol–water partition coefficient (Wildman–Crippen LogP) is 3.10. The van der Waals surface area contributed by atoms with Crippen LogP contribution in [0.5, 0.6) is 5.88 Å². The first-order valence-electron chi connectivity index (χ1n) is 8.78. The average Bonchev–Trinajstić information content (AvgIpc) is 2.85. The lowest BCUT2D eigenvalue weighted by atomic mass is 9.98. The summed E-state index contributed by atoms with van der Waals surface area (Å²) in [6, 6.07) is 9.39. The number of anilines is 1. The monoisotopic (exact) mass is 376 g/mol. The fraction of sp³-hybridized carbons (Fsp3) is 0.474. The van der Waals surface area contributed by atoms with Crippen molar-refractivity contribution in [3.63, 3.8) is 0 Å². The van der Waals surface area contributed by atoms with Gasteiger partial charge in [-0.05, 0) is 39.8 Å². The quantitative estimate of drug-likeness (QED) is 0.887. The van der Waals surface area contributed by atoms with Gasteiger partial charge in [-0.25, -0.2) is 13.9 Å². The topological polar surface area (TPSA) is 82.6 Å². The second kappa shape index (κ2) is 6.75. The van der Waals surface area contributed by atoms with Crippen molar-refractivity contribution in [2.24, 2.45) is 0 Å². The van der Waals surface area contributed by atoms with Crippen LogP contribution in [0.3, 0.4) is 0 Å². The molecule has 0 atom stereocenters. The van der Waals surface area contributed by atoms with Crippen LogP contribution in [0.1, 0.15) is 26.3 Å². The van der Waals surface area contributed by atoms with E-state index >= 15 is 0 Å². The van der Waals surface area contributed by atoms with Crippen LogP contribution in [0, 0.1) is 6.92 Å². The van der Waals surface area contributed by atoms with Gasteiger partial charge in [0.15, 0.2) is 5.67 Å². The highest BCUT2D eigenvalue weighted by atomic mass is 19.1. The Balaban J connectivity index is 1.61. The maximum absolute atomic E-state index is 14.8. The molecule has 2 heterocycles. The number of aromatic nitrogens is 2. The van der Waals surface area contributed by atoms with Gasteiger partial charge < -0.3 is 20.1 Å². The number of ether oxygens (including phenoxy) is 2. The van der Waals surface area contributed by atoms with Gasteiger partial charge in [0.25, 0.3) is 0 Å². The zero-order chi connectivity index (χ0) is 19.8. The molecule has 0 saturated carbocycles. The molecule has 3 rings (SSSR count). The molecule has 0 aliphatic carbocycles. The van der Waals surface area contributed by atoms with Crippen LogP contribution in [0.15, 0.2) is 30.3 Å². The van der Waals surface area contributed by atoms with Crippen molar-refractivity contribution in [3.8, 4) is 11.6 Å². The molecule has 1 saturated heterocycles. The fourth-order valence-electron chi connectivity index (χ4n) is 2.77. The van der Waals surface area contributed by atoms with Gasteiger partial charge in [0.05, 0.1) is 24.3 Å². The third-order valence-electron chi connectivity index (χ3n) is 4.19. The van der Waals surface area contributed by atoms with Crippen LogP contribution >= 0.6 is 0 Å². The molecular formula is C19H25FN4O3. The van der Waals surface area contributed by atoms with E-state index in [0.717, 1.165) is 5.69 Å². The van der Waals surface area contributed by atoms with E-state index in [1.54, 1.807) is 32.4 Å². The van der Waals surface area contributed by atoms with Gasteiger partial charge >= 0.3 is 6.09 Å². The van der Waals surface area contributed by atoms with E-state index in [1.807, 2.05) is 30.3 Å². The van der Waals surface area contributed by atoms with E-state index < -0.39 is 17.4 Å². The summed E-state index contributed by atoms with van der Waals surface area (Å²) in [5.74, 6) is 0.720. The van der Waals surface area contributed by atoms with Gasteiger partial charge in [0.2, 0.25) is 5.88 Å². The summed E-state index contributed by atoms with van der Waals surface area (Å²) in [5.41, 5.74) is 5.30. The number of benzene rings is 1. The Morgan fingerprint density at radius 1 is 1.30 bits per heavy atom. The average molecular weight is 376 g/mol. The maximum atomic E-state index is 14.8. The molecule has 2 aromatic rings. The molecule has 1 aromatic carbocycles. The summed E-state index contributed by atoms with van der Waals surface area (Å²) in [5, 5.41) is 4.34. The number of amides is 1. The Morgan fingerprint density at radius 3 is 2.52 bits per heavy atom. The van der Waals surface area contributed by atoms with Crippen molar-refractivity contribution in [2.75, 3.05) is 25.4 Å². The summed E-state index contributed by atoms with van der Waals surface area (Å²) in [6.07, 6.45) is -0.524. The van der Waals surface area contributed by atoms with Crippen molar-refractivity contribution in [3.05, 3.63) is 35.9 Å². The molecular weight excluding hydrogens is 351 g/mol. The van der Waals surface area contributed by atoms with E-state index in [9.17, 15) is 9.18 Å². The van der Waals surface area contributed by atoms with Crippen LogP contribution in [0.4, 0.5) is 15.0 Å². The van der Waals surface area contributed by atoms with Crippen molar-refractivity contribution >= 4 is 11.9 Å². The summed E-state index contributed by atoms with van der Waals surface area (Å²) in [4.78, 5) is 13.2. The van der Waals surface area contributed by atoms with Crippen molar-refractivity contribution in [2.45, 2.75) is 39.0 Å².